The van der Waals surface area contributed by atoms with Gasteiger partial charge in [-0.15, -0.1) is 0 Å². The van der Waals surface area contributed by atoms with Gasteiger partial charge in [0.05, 0.1) is 28.7 Å². The summed E-state index contributed by atoms with van der Waals surface area (Å²) in [6, 6.07) is 7.79. The minimum atomic E-state index is -0.441. The molecule has 1 unspecified atom stereocenters. The van der Waals surface area contributed by atoms with E-state index in [1.54, 1.807) is 10.9 Å². The van der Waals surface area contributed by atoms with Gasteiger partial charge in [-0.3, -0.25) is 4.79 Å². The molecule has 0 aliphatic rings. The maximum atomic E-state index is 12.6. The largest absolute Gasteiger partial charge is 0.345 e. The summed E-state index contributed by atoms with van der Waals surface area (Å²) in [6.45, 7) is 8.33. The van der Waals surface area contributed by atoms with Crippen molar-refractivity contribution in [3.8, 4) is 5.69 Å². The lowest BCUT2D eigenvalue weighted by molar-refractivity contribution is 0.0882. The first-order valence-corrected chi connectivity index (χ1v) is 8.41. The lowest BCUT2D eigenvalue weighted by Gasteiger charge is -2.33. The molecule has 2 rings (SSSR count). The van der Waals surface area contributed by atoms with E-state index in [-0.39, 0.29) is 11.8 Å². The van der Waals surface area contributed by atoms with E-state index >= 15 is 0 Å². The molecule has 0 saturated heterocycles. The highest BCUT2D eigenvalue weighted by Crippen LogP contribution is 2.19. The van der Waals surface area contributed by atoms with Crippen LogP contribution >= 0.6 is 15.9 Å². The molecule has 2 aromatic rings. The summed E-state index contributed by atoms with van der Waals surface area (Å²) in [5.41, 5.74) is 7.68. The molecule has 0 bridgehead atoms. The monoisotopic (exact) mass is 378 g/mol. The fourth-order valence-electron chi connectivity index (χ4n) is 2.23. The second-order valence-electron chi connectivity index (χ2n) is 6.26. The quantitative estimate of drug-likeness (QED) is 0.839. The maximum absolute atomic E-state index is 12.6. The topological polar surface area (TPSA) is 72.9 Å². The minimum Gasteiger partial charge on any atom is -0.345 e. The van der Waals surface area contributed by atoms with Gasteiger partial charge in [0.1, 0.15) is 0 Å². The first kappa shape index (κ1) is 17.7. The number of carbonyl (C=O) groups is 1. The van der Waals surface area contributed by atoms with Crippen LogP contribution in [-0.2, 0) is 0 Å². The third kappa shape index (κ3) is 3.64. The highest BCUT2D eigenvalue weighted by molar-refractivity contribution is 9.10. The number of hydrogen-bond donors (Lipinski definition) is 2. The Balaban J connectivity index is 2.28. The SMILES string of the molecule is Cc1c(C(=O)NC(C)(CN)C(C)C)cnn1-c1ccc(Br)cc1. The second kappa shape index (κ2) is 6.84. The molecule has 124 valence electrons. The Hall–Kier alpha value is -1.66. The van der Waals surface area contributed by atoms with Gasteiger partial charge in [0.15, 0.2) is 0 Å². The molecule has 1 aromatic heterocycles. The fraction of sp³-hybridized carbons (Fsp3) is 0.412. The molecule has 1 atom stereocenters. The number of nitrogens with one attached hydrogen (secondary N) is 1. The smallest absolute Gasteiger partial charge is 0.255 e. The van der Waals surface area contributed by atoms with E-state index in [1.165, 1.54) is 0 Å². The van der Waals surface area contributed by atoms with E-state index in [4.69, 9.17) is 5.73 Å². The van der Waals surface area contributed by atoms with Crippen LogP contribution in [-0.4, -0.2) is 27.8 Å². The van der Waals surface area contributed by atoms with E-state index in [0.717, 1.165) is 15.9 Å². The van der Waals surface area contributed by atoms with Gasteiger partial charge in [-0.25, -0.2) is 4.68 Å². The van der Waals surface area contributed by atoms with Gasteiger partial charge >= 0.3 is 0 Å². The summed E-state index contributed by atoms with van der Waals surface area (Å²) >= 11 is 3.41. The van der Waals surface area contributed by atoms with Gasteiger partial charge in [-0.1, -0.05) is 29.8 Å². The Morgan fingerprint density at radius 2 is 2.00 bits per heavy atom. The lowest BCUT2D eigenvalue weighted by Crippen LogP contribution is -2.55. The van der Waals surface area contributed by atoms with Crippen LogP contribution in [0.25, 0.3) is 5.69 Å². The first-order valence-electron chi connectivity index (χ1n) is 7.61. The van der Waals surface area contributed by atoms with Gasteiger partial charge in [-0.05, 0) is 44.0 Å². The number of nitrogens with zero attached hydrogens (tertiary/aromatic N) is 2. The fourth-order valence-corrected chi connectivity index (χ4v) is 2.50. The standard InChI is InChI=1S/C17H23BrN4O/c1-11(2)17(4,10-19)21-16(23)15-9-20-22(12(15)3)14-7-5-13(18)6-8-14/h5-9,11H,10,19H2,1-4H3,(H,21,23). The summed E-state index contributed by atoms with van der Waals surface area (Å²) in [4.78, 5) is 12.6. The van der Waals surface area contributed by atoms with Crippen LogP contribution < -0.4 is 11.1 Å². The van der Waals surface area contributed by atoms with E-state index < -0.39 is 5.54 Å². The predicted molar refractivity (Wildman–Crippen MR) is 95.8 cm³/mol. The molecule has 23 heavy (non-hydrogen) atoms. The zero-order valence-electron chi connectivity index (χ0n) is 13.9. The van der Waals surface area contributed by atoms with Crippen LogP contribution in [0.3, 0.4) is 0 Å². The third-order valence-electron chi connectivity index (χ3n) is 4.42. The highest BCUT2D eigenvalue weighted by atomic mass is 79.9. The molecule has 1 heterocycles. The zero-order chi connectivity index (χ0) is 17.2. The van der Waals surface area contributed by atoms with Crippen LogP contribution in [0.4, 0.5) is 0 Å². The van der Waals surface area contributed by atoms with E-state index in [1.807, 2.05) is 52.0 Å². The number of hydrogen-bond acceptors (Lipinski definition) is 3. The third-order valence-corrected chi connectivity index (χ3v) is 4.95. The van der Waals surface area contributed by atoms with Gasteiger partial charge in [0.2, 0.25) is 0 Å². The number of nitrogens with two attached hydrogens (primary N) is 1. The molecule has 3 N–H and O–H groups in total. The molecule has 0 aliphatic carbocycles. The lowest BCUT2D eigenvalue weighted by atomic mass is 9.88. The molecule has 1 aromatic carbocycles. The van der Waals surface area contributed by atoms with Crippen molar-refractivity contribution >= 4 is 21.8 Å². The molecule has 0 saturated carbocycles. The van der Waals surface area contributed by atoms with Crippen molar-refractivity contribution < 1.29 is 4.79 Å². The van der Waals surface area contributed by atoms with Gasteiger partial charge in [-0.2, -0.15) is 5.10 Å². The first-order chi connectivity index (χ1) is 10.8. The van der Waals surface area contributed by atoms with Gasteiger partial charge < -0.3 is 11.1 Å². The average molecular weight is 379 g/mol. The molecule has 0 aliphatic heterocycles. The van der Waals surface area contributed by atoms with Crippen molar-refractivity contribution in [2.45, 2.75) is 33.2 Å². The number of benzene rings is 1. The van der Waals surface area contributed by atoms with Crippen molar-refractivity contribution in [2.75, 3.05) is 6.54 Å². The van der Waals surface area contributed by atoms with Crippen molar-refractivity contribution in [1.29, 1.82) is 0 Å². The molecule has 0 spiro atoms. The minimum absolute atomic E-state index is 0.146. The summed E-state index contributed by atoms with van der Waals surface area (Å²) < 4.78 is 2.76. The Kier molecular flexibility index (Phi) is 5.26. The molecular weight excluding hydrogens is 356 g/mol. The number of carbonyl (C=O) groups excluding carboxylic acids is 1. The van der Waals surface area contributed by atoms with E-state index in [9.17, 15) is 4.79 Å². The van der Waals surface area contributed by atoms with Crippen LogP contribution in [0.1, 0.15) is 36.8 Å². The molecule has 6 heteroatoms. The highest BCUT2D eigenvalue weighted by Gasteiger charge is 2.30. The van der Waals surface area contributed by atoms with Crippen LogP contribution in [0.15, 0.2) is 34.9 Å². The van der Waals surface area contributed by atoms with Crippen molar-refractivity contribution in [2.24, 2.45) is 11.7 Å². The molecule has 1 amide bonds. The van der Waals surface area contributed by atoms with Crippen molar-refractivity contribution in [3.63, 3.8) is 0 Å². The molecule has 5 nitrogen and oxygen atoms in total. The summed E-state index contributed by atoms with van der Waals surface area (Å²) in [6.07, 6.45) is 1.60. The Bertz CT molecular complexity index is 693. The average Bonchev–Trinajstić information content (AvgIpc) is 2.89. The van der Waals surface area contributed by atoms with E-state index in [0.29, 0.717) is 12.1 Å². The summed E-state index contributed by atoms with van der Waals surface area (Å²) in [5.74, 6) is 0.0887. The number of rotatable bonds is 5. The van der Waals surface area contributed by atoms with Crippen molar-refractivity contribution in [3.05, 3.63) is 46.2 Å². The van der Waals surface area contributed by atoms with E-state index in [2.05, 4.69) is 26.3 Å². The zero-order valence-corrected chi connectivity index (χ0v) is 15.5. The summed E-state index contributed by atoms with van der Waals surface area (Å²) in [5, 5.41) is 7.40. The van der Waals surface area contributed by atoms with Crippen LogP contribution in [0.2, 0.25) is 0 Å². The maximum Gasteiger partial charge on any atom is 0.255 e. The van der Waals surface area contributed by atoms with Crippen LogP contribution in [0, 0.1) is 12.8 Å². The normalized spacial score (nSPS) is 13.9. The second-order valence-corrected chi connectivity index (χ2v) is 7.18. The number of aromatic nitrogens is 2. The van der Waals surface area contributed by atoms with Gasteiger partial charge in [0.25, 0.3) is 5.91 Å². The molecular formula is C17H23BrN4O. The Morgan fingerprint density at radius 1 is 1.39 bits per heavy atom. The molecule has 0 radical (unpaired) electrons. The molecule has 0 fully saturated rings. The predicted octanol–water partition coefficient (Wildman–Crippen LogP) is 3.05. The van der Waals surface area contributed by atoms with Crippen LogP contribution in [0.5, 0.6) is 0 Å². The van der Waals surface area contributed by atoms with Gasteiger partial charge in [0, 0.05) is 11.0 Å². The number of halogens is 1. The Labute approximate surface area is 145 Å². The van der Waals surface area contributed by atoms with Crippen molar-refractivity contribution in [1.82, 2.24) is 15.1 Å². The Morgan fingerprint density at radius 3 is 2.52 bits per heavy atom. The summed E-state index contributed by atoms with van der Waals surface area (Å²) in [7, 11) is 0. The number of amides is 1.